The summed E-state index contributed by atoms with van der Waals surface area (Å²) < 4.78 is 57.9. The zero-order valence-electron chi connectivity index (χ0n) is 17.2. The number of sulfone groups is 1. The fourth-order valence-electron chi connectivity index (χ4n) is 3.59. The molecule has 3 aromatic rings. The highest BCUT2D eigenvalue weighted by Gasteiger charge is 2.26. The van der Waals surface area contributed by atoms with Gasteiger partial charge in [-0.2, -0.15) is 0 Å². The number of aromatic nitrogens is 1. The standard InChI is InChI=1S/C22H22F2N2O4S2/c23-15-5-8-18(9-6-15)32(28,29)12-2-4-21(27)26(14-17-3-1-11-30-17)22-25-19-10-7-16(24)13-20(19)31-22/h5-10,13,17H,1-4,11-12,14H2. The average Bonchev–Trinajstić information content (AvgIpc) is 3.41. The molecule has 6 nitrogen and oxygen atoms in total. The normalized spacial score (nSPS) is 16.5. The third-order valence-electron chi connectivity index (χ3n) is 5.26. The van der Waals surface area contributed by atoms with E-state index in [1.807, 2.05) is 0 Å². The van der Waals surface area contributed by atoms with Gasteiger partial charge in [-0.3, -0.25) is 9.69 Å². The number of fused-ring (bicyclic) bond motifs is 1. The van der Waals surface area contributed by atoms with Gasteiger partial charge in [-0.15, -0.1) is 0 Å². The summed E-state index contributed by atoms with van der Waals surface area (Å²) in [5.74, 6) is -1.40. The number of hydrogen-bond donors (Lipinski definition) is 0. The Kier molecular flexibility index (Phi) is 6.82. The smallest absolute Gasteiger partial charge is 0.228 e. The Morgan fingerprint density at radius 2 is 1.91 bits per heavy atom. The topological polar surface area (TPSA) is 76.6 Å². The van der Waals surface area contributed by atoms with Gasteiger partial charge in [0, 0.05) is 13.0 Å². The van der Waals surface area contributed by atoms with E-state index in [0.29, 0.717) is 28.5 Å². The van der Waals surface area contributed by atoms with Crippen molar-refractivity contribution in [1.82, 2.24) is 4.98 Å². The van der Waals surface area contributed by atoms with Gasteiger partial charge in [-0.25, -0.2) is 22.2 Å². The third kappa shape index (κ3) is 5.31. The summed E-state index contributed by atoms with van der Waals surface area (Å²) in [5.41, 5.74) is 0.593. The molecule has 4 rings (SSSR count). The molecule has 32 heavy (non-hydrogen) atoms. The summed E-state index contributed by atoms with van der Waals surface area (Å²) in [4.78, 5) is 19.1. The Bertz CT molecular complexity index is 1210. The molecule has 10 heteroatoms. The van der Waals surface area contributed by atoms with Crippen LogP contribution in [0.1, 0.15) is 25.7 Å². The highest BCUT2D eigenvalue weighted by Crippen LogP contribution is 2.31. The summed E-state index contributed by atoms with van der Waals surface area (Å²) in [6.07, 6.45) is 1.72. The van der Waals surface area contributed by atoms with E-state index >= 15 is 0 Å². The monoisotopic (exact) mass is 480 g/mol. The molecule has 1 fully saturated rings. The summed E-state index contributed by atoms with van der Waals surface area (Å²) in [6.45, 7) is 0.944. The van der Waals surface area contributed by atoms with Crippen LogP contribution in [0.5, 0.6) is 0 Å². The highest BCUT2D eigenvalue weighted by atomic mass is 32.2. The van der Waals surface area contributed by atoms with Crippen molar-refractivity contribution in [2.24, 2.45) is 0 Å². The highest BCUT2D eigenvalue weighted by molar-refractivity contribution is 7.91. The van der Waals surface area contributed by atoms with Crippen LogP contribution in [-0.2, 0) is 19.4 Å². The van der Waals surface area contributed by atoms with Gasteiger partial charge in [-0.05, 0) is 61.7 Å². The van der Waals surface area contributed by atoms with Crippen LogP contribution in [0.15, 0.2) is 47.4 Å². The number of carbonyl (C=O) groups is 1. The van der Waals surface area contributed by atoms with E-state index in [9.17, 15) is 22.0 Å². The molecule has 1 amide bonds. The zero-order chi connectivity index (χ0) is 22.7. The Balaban J connectivity index is 1.47. The van der Waals surface area contributed by atoms with Crippen molar-refractivity contribution in [3.05, 3.63) is 54.1 Å². The van der Waals surface area contributed by atoms with Crippen molar-refractivity contribution in [2.45, 2.75) is 36.7 Å². The van der Waals surface area contributed by atoms with Crippen LogP contribution >= 0.6 is 11.3 Å². The number of nitrogens with zero attached hydrogens (tertiary/aromatic N) is 2. The van der Waals surface area contributed by atoms with Crippen molar-refractivity contribution in [3.8, 4) is 0 Å². The molecule has 0 spiro atoms. The molecule has 1 atom stereocenters. The Morgan fingerprint density at radius 1 is 1.16 bits per heavy atom. The molecule has 2 aromatic carbocycles. The van der Waals surface area contributed by atoms with E-state index in [2.05, 4.69) is 4.98 Å². The molecular weight excluding hydrogens is 458 g/mol. The van der Waals surface area contributed by atoms with Crippen molar-refractivity contribution in [2.75, 3.05) is 23.8 Å². The Hall–Kier alpha value is -2.43. The quantitative estimate of drug-likeness (QED) is 0.448. The second kappa shape index (κ2) is 9.60. The second-order valence-electron chi connectivity index (χ2n) is 7.62. The SMILES string of the molecule is O=C(CCCS(=O)(=O)c1ccc(F)cc1)N(CC1CCCO1)c1nc2ccc(F)cc2s1. The van der Waals surface area contributed by atoms with Crippen molar-refractivity contribution >= 4 is 42.4 Å². The first-order valence-electron chi connectivity index (χ1n) is 10.3. The lowest BCUT2D eigenvalue weighted by atomic mass is 10.2. The predicted molar refractivity (Wildman–Crippen MR) is 119 cm³/mol. The van der Waals surface area contributed by atoms with Crippen LogP contribution < -0.4 is 4.90 Å². The number of thiazole rings is 1. The minimum Gasteiger partial charge on any atom is -0.376 e. The molecule has 1 aromatic heterocycles. The van der Waals surface area contributed by atoms with Crippen LogP contribution in [0.2, 0.25) is 0 Å². The first-order valence-corrected chi connectivity index (χ1v) is 12.7. The van der Waals surface area contributed by atoms with Gasteiger partial charge in [0.25, 0.3) is 0 Å². The van der Waals surface area contributed by atoms with E-state index in [0.717, 1.165) is 25.0 Å². The van der Waals surface area contributed by atoms with Crippen molar-refractivity contribution in [3.63, 3.8) is 0 Å². The van der Waals surface area contributed by atoms with Crippen LogP contribution in [0, 0.1) is 11.6 Å². The molecule has 0 radical (unpaired) electrons. The molecule has 1 unspecified atom stereocenters. The number of hydrogen-bond acceptors (Lipinski definition) is 6. The molecule has 170 valence electrons. The van der Waals surface area contributed by atoms with E-state index in [1.165, 1.54) is 40.5 Å². The number of halogens is 2. The van der Waals surface area contributed by atoms with Crippen LogP contribution in [0.3, 0.4) is 0 Å². The lowest BCUT2D eigenvalue weighted by Gasteiger charge is -2.23. The number of carbonyl (C=O) groups excluding carboxylic acids is 1. The van der Waals surface area contributed by atoms with Crippen LogP contribution in [-0.4, -0.2) is 44.3 Å². The summed E-state index contributed by atoms with van der Waals surface area (Å²) in [7, 11) is -3.63. The molecule has 0 N–H and O–H groups in total. The van der Waals surface area contributed by atoms with E-state index in [-0.39, 0.29) is 41.3 Å². The van der Waals surface area contributed by atoms with Gasteiger partial charge in [0.15, 0.2) is 15.0 Å². The molecule has 1 aliphatic heterocycles. The second-order valence-corrected chi connectivity index (χ2v) is 10.7. The Labute approximate surface area is 188 Å². The zero-order valence-corrected chi connectivity index (χ0v) is 18.8. The van der Waals surface area contributed by atoms with Gasteiger partial charge in [0.2, 0.25) is 5.91 Å². The van der Waals surface area contributed by atoms with E-state index in [4.69, 9.17) is 4.74 Å². The summed E-state index contributed by atoms with van der Waals surface area (Å²) in [6, 6.07) is 8.88. The fourth-order valence-corrected chi connectivity index (χ4v) is 5.92. The molecule has 0 saturated carbocycles. The fraction of sp³-hybridized carbons (Fsp3) is 0.364. The number of anilines is 1. The molecule has 1 aliphatic rings. The average molecular weight is 481 g/mol. The molecule has 2 heterocycles. The number of benzene rings is 2. The van der Waals surface area contributed by atoms with E-state index in [1.54, 1.807) is 6.07 Å². The summed E-state index contributed by atoms with van der Waals surface area (Å²) in [5, 5.41) is 0.437. The van der Waals surface area contributed by atoms with Gasteiger partial charge >= 0.3 is 0 Å². The molecule has 0 aliphatic carbocycles. The number of ether oxygens (including phenoxy) is 1. The van der Waals surface area contributed by atoms with Crippen LogP contribution in [0.25, 0.3) is 10.2 Å². The Morgan fingerprint density at radius 3 is 2.62 bits per heavy atom. The first-order chi connectivity index (χ1) is 15.3. The van der Waals surface area contributed by atoms with Gasteiger partial charge in [0.1, 0.15) is 11.6 Å². The van der Waals surface area contributed by atoms with Crippen molar-refractivity contribution < 1.29 is 26.7 Å². The van der Waals surface area contributed by atoms with Gasteiger partial charge in [0.05, 0.1) is 33.5 Å². The molecule has 1 saturated heterocycles. The minimum atomic E-state index is -3.63. The lowest BCUT2D eigenvalue weighted by molar-refractivity contribution is -0.119. The van der Waals surface area contributed by atoms with Gasteiger partial charge in [-0.1, -0.05) is 11.3 Å². The molecule has 0 bridgehead atoms. The molecular formula is C22H22F2N2O4S2. The minimum absolute atomic E-state index is 0.00255. The van der Waals surface area contributed by atoms with Crippen LogP contribution in [0.4, 0.5) is 13.9 Å². The largest absolute Gasteiger partial charge is 0.376 e. The maximum atomic E-state index is 13.6. The first kappa shape index (κ1) is 22.8. The van der Waals surface area contributed by atoms with Crippen molar-refractivity contribution in [1.29, 1.82) is 0 Å². The maximum absolute atomic E-state index is 13.6. The number of amides is 1. The summed E-state index contributed by atoms with van der Waals surface area (Å²) >= 11 is 1.21. The van der Waals surface area contributed by atoms with Gasteiger partial charge < -0.3 is 4.74 Å². The third-order valence-corrected chi connectivity index (χ3v) is 8.12. The number of rotatable bonds is 8. The lowest BCUT2D eigenvalue weighted by Crippen LogP contribution is -2.37. The maximum Gasteiger partial charge on any atom is 0.228 e. The van der Waals surface area contributed by atoms with E-state index < -0.39 is 15.7 Å². The predicted octanol–water partition coefficient (Wildman–Crippen LogP) is 4.34.